The molecule has 1 aliphatic heterocycles. The van der Waals surface area contributed by atoms with Gasteiger partial charge in [0, 0.05) is 41.5 Å². The number of nitrogens with zero attached hydrogens (tertiary/aromatic N) is 3. The van der Waals surface area contributed by atoms with Crippen molar-refractivity contribution in [3.8, 4) is 0 Å². The summed E-state index contributed by atoms with van der Waals surface area (Å²) in [4.78, 5) is 16.8. The van der Waals surface area contributed by atoms with Gasteiger partial charge in [0.05, 0.1) is 6.21 Å². The van der Waals surface area contributed by atoms with Crippen LogP contribution >= 0.6 is 24.2 Å². The predicted molar refractivity (Wildman–Crippen MR) is 106 cm³/mol. The van der Waals surface area contributed by atoms with Crippen LogP contribution in [0.2, 0.25) is 0 Å². The Morgan fingerprint density at radius 1 is 0.960 bits per heavy atom. The van der Waals surface area contributed by atoms with Crippen molar-refractivity contribution in [3.05, 3.63) is 60.2 Å². The minimum Gasteiger partial charge on any atom is -0.303 e. The first kappa shape index (κ1) is 19.5. The van der Waals surface area contributed by atoms with Crippen LogP contribution in [-0.2, 0) is 0 Å². The smallest absolute Gasteiger partial charge is 0.205 e. The molecule has 3 rings (SSSR count). The number of hydrazone groups is 1. The van der Waals surface area contributed by atoms with Gasteiger partial charge in [0.15, 0.2) is 0 Å². The van der Waals surface area contributed by atoms with Crippen molar-refractivity contribution in [2.45, 2.75) is 9.79 Å². The van der Waals surface area contributed by atoms with Gasteiger partial charge >= 0.3 is 0 Å². The number of piperazine rings is 1. The molecule has 1 saturated heterocycles. The second-order valence-electron chi connectivity index (χ2n) is 5.81. The number of rotatable bonds is 5. The molecule has 1 fully saturated rings. The lowest BCUT2D eigenvalue weighted by Crippen LogP contribution is -2.41. The van der Waals surface area contributed by atoms with E-state index in [2.05, 4.69) is 29.2 Å². The number of ketones is 1. The standard InChI is InChI=1S/C19H21N3OS.ClH/c1-21-11-13-22(14-12-21)20-15-19(23)16-7-9-18(10-8-16)24-17-5-3-2-4-6-17;/h2-10,15H,11-14H2,1H3;1H/b20-15-;. The number of benzene rings is 2. The van der Waals surface area contributed by atoms with Gasteiger partial charge < -0.3 is 4.90 Å². The summed E-state index contributed by atoms with van der Waals surface area (Å²) in [7, 11) is 2.10. The Bertz CT molecular complexity index is 698. The third-order valence-electron chi connectivity index (χ3n) is 3.94. The third-order valence-corrected chi connectivity index (χ3v) is 4.95. The van der Waals surface area contributed by atoms with E-state index in [-0.39, 0.29) is 18.2 Å². The highest BCUT2D eigenvalue weighted by atomic mass is 35.5. The third kappa shape index (κ3) is 5.88. The second kappa shape index (κ2) is 9.61. The molecular formula is C19H22ClN3OS. The summed E-state index contributed by atoms with van der Waals surface area (Å²) in [6.07, 6.45) is 1.44. The Kier molecular flexibility index (Phi) is 7.50. The molecule has 0 atom stereocenters. The molecular weight excluding hydrogens is 354 g/mol. The van der Waals surface area contributed by atoms with Gasteiger partial charge in [-0.2, -0.15) is 5.10 Å². The van der Waals surface area contributed by atoms with Crippen molar-refractivity contribution in [1.82, 2.24) is 9.91 Å². The molecule has 0 N–H and O–H groups in total. The molecule has 0 aliphatic carbocycles. The summed E-state index contributed by atoms with van der Waals surface area (Å²) in [5.74, 6) is -0.0508. The Labute approximate surface area is 159 Å². The van der Waals surface area contributed by atoms with Crippen LogP contribution in [0.25, 0.3) is 0 Å². The molecule has 4 nitrogen and oxygen atoms in total. The van der Waals surface area contributed by atoms with E-state index >= 15 is 0 Å². The number of likely N-dealkylation sites (N-methyl/N-ethyl adjacent to an activating group) is 1. The molecule has 0 amide bonds. The van der Waals surface area contributed by atoms with Crippen molar-refractivity contribution in [3.63, 3.8) is 0 Å². The number of hydrogen-bond donors (Lipinski definition) is 0. The fraction of sp³-hybridized carbons (Fsp3) is 0.263. The van der Waals surface area contributed by atoms with Crippen molar-refractivity contribution in [2.75, 3.05) is 33.2 Å². The topological polar surface area (TPSA) is 35.9 Å². The van der Waals surface area contributed by atoms with Crippen molar-refractivity contribution in [2.24, 2.45) is 5.10 Å². The average Bonchev–Trinajstić information content (AvgIpc) is 2.62. The molecule has 0 aromatic heterocycles. The summed E-state index contributed by atoms with van der Waals surface area (Å²) >= 11 is 1.69. The lowest BCUT2D eigenvalue weighted by Gasteiger charge is -2.30. The SMILES string of the molecule is CN1CCN(/N=C\C(=O)c2ccc(Sc3ccccc3)cc2)CC1.Cl. The van der Waals surface area contributed by atoms with Crippen LogP contribution in [0, 0.1) is 0 Å². The molecule has 2 aromatic carbocycles. The maximum absolute atomic E-state index is 12.2. The molecule has 1 heterocycles. The molecule has 132 valence electrons. The van der Waals surface area contributed by atoms with Gasteiger partial charge in [0.25, 0.3) is 0 Å². The first-order chi connectivity index (χ1) is 11.7. The summed E-state index contributed by atoms with van der Waals surface area (Å²) in [5.41, 5.74) is 0.672. The zero-order valence-corrected chi connectivity index (χ0v) is 15.8. The van der Waals surface area contributed by atoms with E-state index < -0.39 is 0 Å². The monoisotopic (exact) mass is 375 g/mol. The molecule has 25 heavy (non-hydrogen) atoms. The minimum absolute atomic E-state index is 0. The largest absolute Gasteiger partial charge is 0.303 e. The molecule has 0 saturated carbocycles. The van der Waals surface area contributed by atoms with Gasteiger partial charge in [-0.05, 0) is 43.4 Å². The number of hydrogen-bond acceptors (Lipinski definition) is 5. The van der Waals surface area contributed by atoms with Crippen LogP contribution in [0.4, 0.5) is 0 Å². The van der Waals surface area contributed by atoms with Gasteiger partial charge in [-0.25, -0.2) is 0 Å². The number of halogens is 1. The first-order valence-electron chi connectivity index (χ1n) is 8.05. The average molecular weight is 376 g/mol. The molecule has 0 spiro atoms. The molecule has 0 unspecified atom stereocenters. The molecule has 0 radical (unpaired) electrons. The fourth-order valence-electron chi connectivity index (χ4n) is 2.43. The number of carbonyl (C=O) groups excluding carboxylic acids is 1. The van der Waals surface area contributed by atoms with E-state index in [1.807, 2.05) is 47.5 Å². The number of Topliss-reactive ketones (excluding diaryl/α,β-unsaturated/α-hetero) is 1. The van der Waals surface area contributed by atoms with E-state index in [9.17, 15) is 4.79 Å². The Morgan fingerprint density at radius 3 is 2.20 bits per heavy atom. The Balaban J connectivity index is 0.00000225. The summed E-state index contributed by atoms with van der Waals surface area (Å²) in [5, 5.41) is 6.27. The molecule has 1 aliphatic rings. The second-order valence-corrected chi connectivity index (χ2v) is 6.95. The van der Waals surface area contributed by atoms with Crippen LogP contribution in [0.1, 0.15) is 10.4 Å². The summed E-state index contributed by atoms with van der Waals surface area (Å²) in [6.45, 7) is 3.70. The van der Waals surface area contributed by atoms with E-state index in [1.165, 1.54) is 11.1 Å². The summed E-state index contributed by atoms with van der Waals surface area (Å²) < 4.78 is 0. The number of carbonyl (C=O) groups is 1. The quantitative estimate of drug-likeness (QED) is 0.590. The van der Waals surface area contributed by atoms with Gasteiger partial charge in [-0.15, -0.1) is 12.4 Å². The molecule has 0 bridgehead atoms. The first-order valence-corrected chi connectivity index (χ1v) is 8.87. The van der Waals surface area contributed by atoms with Crippen molar-refractivity contribution >= 4 is 36.2 Å². The van der Waals surface area contributed by atoms with Crippen molar-refractivity contribution in [1.29, 1.82) is 0 Å². The highest BCUT2D eigenvalue weighted by molar-refractivity contribution is 7.99. The van der Waals surface area contributed by atoms with Crippen molar-refractivity contribution < 1.29 is 4.79 Å². The Hall–Kier alpha value is -1.82. The van der Waals surface area contributed by atoms with Gasteiger partial charge in [0.2, 0.25) is 5.78 Å². The highest BCUT2D eigenvalue weighted by Crippen LogP contribution is 2.27. The maximum atomic E-state index is 12.2. The lowest BCUT2D eigenvalue weighted by molar-refractivity contribution is 0.106. The van der Waals surface area contributed by atoms with Crippen LogP contribution in [0.3, 0.4) is 0 Å². The maximum Gasteiger partial charge on any atom is 0.205 e. The van der Waals surface area contributed by atoms with E-state index in [0.717, 1.165) is 31.1 Å². The van der Waals surface area contributed by atoms with Gasteiger partial charge in [-0.3, -0.25) is 9.80 Å². The van der Waals surface area contributed by atoms with Crippen LogP contribution in [0.15, 0.2) is 69.5 Å². The van der Waals surface area contributed by atoms with E-state index in [0.29, 0.717) is 5.56 Å². The Morgan fingerprint density at radius 2 is 1.56 bits per heavy atom. The van der Waals surface area contributed by atoms with Crippen LogP contribution < -0.4 is 0 Å². The van der Waals surface area contributed by atoms with Crippen LogP contribution in [-0.4, -0.2) is 55.1 Å². The fourth-order valence-corrected chi connectivity index (χ4v) is 3.27. The van der Waals surface area contributed by atoms with Gasteiger partial charge in [-0.1, -0.05) is 30.0 Å². The highest BCUT2D eigenvalue weighted by Gasteiger charge is 2.11. The van der Waals surface area contributed by atoms with E-state index in [1.54, 1.807) is 11.8 Å². The minimum atomic E-state index is -0.0508. The molecule has 2 aromatic rings. The zero-order valence-electron chi connectivity index (χ0n) is 14.2. The molecule has 6 heteroatoms. The summed E-state index contributed by atoms with van der Waals surface area (Å²) in [6, 6.07) is 17.9. The normalized spacial score (nSPS) is 15.2. The van der Waals surface area contributed by atoms with E-state index in [4.69, 9.17) is 0 Å². The predicted octanol–water partition coefficient (Wildman–Crippen LogP) is 3.68. The van der Waals surface area contributed by atoms with Crippen LogP contribution in [0.5, 0.6) is 0 Å². The zero-order chi connectivity index (χ0) is 16.8. The lowest BCUT2D eigenvalue weighted by atomic mass is 10.1. The van der Waals surface area contributed by atoms with Gasteiger partial charge in [0.1, 0.15) is 0 Å².